The monoisotopic (exact) mass is 268 g/mol. The third kappa shape index (κ3) is 3.06. The third-order valence-corrected chi connectivity index (χ3v) is 3.45. The minimum atomic E-state index is -0.0122. The molecule has 0 aliphatic rings. The molecular weight excluding hydrogens is 248 g/mol. The first-order valence-corrected chi connectivity index (χ1v) is 6.81. The van der Waals surface area contributed by atoms with E-state index in [1.54, 1.807) is 11.9 Å². The molecule has 3 heteroatoms. The zero-order chi connectivity index (χ0) is 14.5. The molecule has 0 heterocycles. The summed E-state index contributed by atoms with van der Waals surface area (Å²) in [7, 11) is 1.78. The molecule has 0 aliphatic heterocycles. The molecule has 0 bridgehead atoms. The fourth-order valence-electron chi connectivity index (χ4n) is 2.09. The topological polar surface area (TPSA) is 46.3 Å². The Kier molecular flexibility index (Phi) is 4.53. The summed E-state index contributed by atoms with van der Waals surface area (Å²) < 4.78 is 0. The van der Waals surface area contributed by atoms with Crippen molar-refractivity contribution in [1.29, 1.82) is 0 Å². The van der Waals surface area contributed by atoms with Crippen LogP contribution in [-0.4, -0.2) is 13.0 Å². The van der Waals surface area contributed by atoms with E-state index >= 15 is 0 Å². The number of rotatable bonds is 4. The Morgan fingerprint density at radius 3 is 2.40 bits per heavy atom. The fourth-order valence-corrected chi connectivity index (χ4v) is 2.09. The van der Waals surface area contributed by atoms with Gasteiger partial charge in [0, 0.05) is 24.8 Å². The number of anilines is 1. The molecule has 2 N–H and O–H groups in total. The highest BCUT2D eigenvalue weighted by molar-refractivity contribution is 6.05. The van der Waals surface area contributed by atoms with E-state index in [0.29, 0.717) is 12.1 Å². The Hall–Kier alpha value is -2.13. The lowest BCUT2D eigenvalue weighted by Crippen LogP contribution is -2.26. The second kappa shape index (κ2) is 6.35. The molecule has 2 aromatic rings. The molecule has 2 aromatic carbocycles. The lowest BCUT2D eigenvalue weighted by Gasteiger charge is -2.18. The molecule has 3 nitrogen and oxygen atoms in total. The van der Waals surface area contributed by atoms with Crippen LogP contribution in [0.3, 0.4) is 0 Å². The van der Waals surface area contributed by atoms with Gasteiger partial charge in [0.2, 0.25) is 0 Å². The average molecular weight is 268 g/mol. The molecular formula is C17H20N2O. The molecule has 20 heavy (non-hydrogen) atoms. The van der Waals surface area contributed by atoms with Crippen molar-refractivity contribution in [3.63, 3.8) is 0 Å². The second-order valence-corrected chi connectivity index (χ2v) is 4.79. The van der Waals surface area contributed by atoms with E-state index in [1.165, 1.54) is 5.56 Å². The van der Waals surface area contributed by atoms with E-state index in [4.69, 9.17) is 5.73 Å². The number of nitrogens with zero attached hydrogens (tertiary/aromatic N) is 1. The fraction of sp³-hybridized carbons (Fsp3) is 0.235. The van der Waals surface area contributed by atoms with Crippen molar-refractivity contribution < 1.29 is 4.79 Å². The van der Waals surface area contributed by atoms with Crippen molar-refractivity contribution >= 4 is 11.6 Å². The zero-order valence-corrected chi connectivity index (χ0v) is 12.0. The quantitative estimate of drug-likeness (QED) is 0.926. The van der Waals surface area contributed by atoms with Gasteiger partial charge in [-0.1, -0.05) is 31.2 Å². The maximum Gasteiger partial charge on any atom is 0.258 e. The highest BCUT2D eigenvalue weighted by Gasteiger charge is 2.13. The molecule has 0 fully saturated rings. The first-order chi connectivity index (χ1) is 9.65. The summed E-state index contributed by atoms with van der Waals surface area (Å²) in [4.78, 5) is 14.1. The van der Waals surface area contributed by atoms with Crippen LogP contribution in [0, 0.1) is 0 Å². The third-order valence-electron chi connectivity index (χ3n) is 3.45. The summed E-state index contributed by atoms with van der Waals surface area (Å²) >= 11 is 0. The number of hydrogen-bond donors (Lipinski definition) is 1. The minimum absolute atomic E-state index is 0.0122. The van der Waals surface area contributed by atoms with Crippen molar-refractivity contribution in [2.75, 3.05) is 11.9 Å². The van der Waals surface area contributed by atoms with Gasteiger partial charge < -0.3 is 10.6 Å². The standard InChI is InChI=1S/C17H20N2O/c1-3-13-7-9-15(10-8-13)17(20)19(2)16-6-4-5-14(11-16)12-18/h4-11H,3,12,18H2,1-2H3. The number of carbonyl (C=O) groups excluding carboxylic acids is 1. The van der Waals surface area contributed by atoms with E-state index in [-0.39, 0.29) is 5.91 Å². The second-order valence-electron chi connectivity index (χ2n) is 4.79. The SMILES string of the molecule is CCc1ccc(C(=O)N(C)c2cccc(CN)c2)cc1. The van der Waals surface area contributed by atoms with Crippen LogP contribution >= 0.6 is 0 Å². The predicted molar refractivity (Wildman–Crippen MR) is 82.9 cm³/mol. The van der Waals surface area contributed by atoms with Gasteiger partial charge in [0.1, 0.15) is 0 Å². The molecule has 104 valence electrons. The highest BCUT2D eigenvalue weighted by Crippen LogP contribution is 2.17. The number of nitrogens with two attached hydrogens (primary N) is 1. The van der Waals surface area contributed by atoms with Gasteiger partial charge in [0.25, 0.3) is 5.91 Å². The normalized spacial score (nSPS) is 10.3. The Morgan fingerprint density at radius 1 is 1.10 bits per heavy atom. The van der Waals surface area contributed by atoms with E-state index in [2.05, 4.69) is 6.92 Å². The van der Waals surface area contributed by atoms with Crippen molar-refractivity contribution in [2.45, 2.75) is 19.9 Å². The summed E-state index contributed by atoms with van der Waals surface area (Å²) in [6, 6.07) is 15.5. The Labute approximate surface area is 120 Å². The van der Waals surface area contributed by atoms with Crippen LogP contribution in [0.1, 0.15) is 28.4 Å². The average Bonchev–Trinajstić information content (AvgIpc) is 2.53. The van der Waals surface area contributed by atoms with Crippen LogP contribution < -0.4 is 10.6 Å². The van der Waals surface area contributed by atoms with Gasteiger partial charge in [-0.15, -0.1) is 0 Å². The van der Waals surface area contributed by atoms with Crippen molar-refractivity contribution in [3.05, 3.63) is 65.2 Å². The molecule has 0 saturated carbocycles. The Bertz CT molecular complexity index is 590. The van der Waals surface area contributed by atoms with Gasteiger partial charge in [-0.25, -0.2) is 0 Å². The lowest BCUT2D eigenvalue weighted by molar-refractivity contribution is 0.0993. The summed E-state index contributed by atoms with van der Waals surface area (Å²) in [5.41, 5.74) is 9.44. The smallest absolute Gasteiger partial charge is 0.258 e. The maximum atomic E-state index is 12.4. The van der Waals surface area contributed by atoms with Crippen molar-refractivity contribution in [2.24, 2.45) is 5.73 Å². The van der Waals surface area contributed by atoms with E-state index < -0.39 is 0 Å². The minimum Gasteiger partial charge on any atom is -0.326 e. The molecule has 0 unspecified atom stereocenters. The van der Waals surface area contributed by atoms with Gasteiger partial charge in [-0.3, -0.25) is 4.79 Å². The lowest BCUT2D eigenvalue weighted by atomic mass is 10.1. The van der Waals surface area contributed by atoms with Gasteiger partial charge in [0.05, 0.1) is 0 Å². The van der Waals surface area contributed by atoms with Crippen LogP contribution in [0.4, 0.5) is 5.69 Å². The molecule has 0 spiro atoms. The number of aryl methyl sites for hydroxylation is 1. The zero-order valence-electron chi connectivity index (χ0n) is 12.0. The summed E-state index contributed by atoms with van der Waals surface area (Å²) in [5, 5.41) is 0. The Morgan fingerprint density at radius 2 is 1.80 bits per heavy atom. The van der Waals surface area contributed by atoms with Crippen LogP contribution in [-0.2, 0) is 13.0 Å². The van der Waals surface area contributed by atoms with E-state index in [0.717, 1.165) is 17.7 Å². The van der Waals surface area contributed by atoms with Gasteiger partial charge in [-0.2, -0.15) is 0 Å². The number of carbonyl (C=O) groups is 1. The van der Waals surface area contributed by atoms with Crippen molar-refractivity contribution in [1.82, 2.24) is 0 Å². The van der Waals surface area contributed by atoms with Crippen molar-refractivity contribution in [3.8, 4) is 0 Å². The maximum absolute atomic E-state index is 12.4. The molecule has 0 atom stereocenters. The molecule has 0 radical (unpaired) electrons. The molecule has 0 aromatic heterocycles. The van der Waals surface area contributed by atoms with Gasteiger partial charge in [0.15, 0.2) is 0 Å². The van der Waals surface area contributed by atoms with Gasteiger partial charge in [-0.05, 0) is 41.8 Å². The molecule has 2 rings (SSSR count). The summed E-state index contributed by atoms with van der Waals surface area (Å²) in [6.07, 6.45) is 0.975. The predicted octanol–water partition coefficient (Wildman–Crippen LogP) is 2.98. The van der Waals surface area contributed by atoms with E-state index in [9.17, 15) is 4.79 Å². The van der Waals surface area contributed by atoms with Crippen LogP contribution in [0.5, 0.6) is 0 Å². The largest absolute Gasteiger partial charge is 0.326 e. The number of hydrogen-bond acceptors (Lipinski definition) is 2. The molecule has 1 amide bonds. The van der Waals surface area contributed by atoms with E-state index in [1.807, 2.05) is 48.5 Å². The van der Waals surface area contributed by atoms with Gasteiger partial charge >= 0.3 is 0 Å². The first kappa shape index (κ1) is 14.3. The summed E-state index contributed by atoms with van der Waals surface area (Å²) in [5.74, 6) is -0.0122. The number of benzene rings is 2. The molecule has 0 saturated heterocycles. The van der Waals surface area contributed by atoms with Crippen LogP contribution in [0.15, 0.2) is 48.5 Å². The summed E-state index contributed by atoms with van der Waals surface area (Å²) in [6.45, 7) is 2.57. The number of amides is 1. The van der Waals surface area contributed by atoms with Crippen LogP contribution in [0.2, 0.25) is 0 Å². The van der Waals surface area contributed by atoms with Crippen LogP contribution in [0.25, 0.3) is 0 Å². The first-order valence-electron chi connectivity index (χ1n) is 6.81. The molecule has 0 aliphatic carbocycles. The Balaban J connectivity index is 2.22. The highest BCUT2D eigenvalue weighted by atomic mass is 16.2.